The molecule has 0 aliphatic carbocycles. The summed E-state index contributed by atoms with van der Waals surface area (Å²) < 4.78 is 11.3. The summed E-state index contributed by atoms with van der Waals surface area (Å²) in [5.74, 6) is 1.37. The number of thiocarbonyl (C=S) groups is 1. The molecule has 154 valence electrons. The molecule has 0 spiro atoms. The molecule has 2 N–H and O–H groups in total. The molecular formula is C22H18Cl2N2O3S. The van der Waals surface area contributed by atoms with Crippen LogP contribution in [0.1, 0.15) is 6.92 Å². The summed E-state index contributed by atoms with van der Waals surface area (Å²) in [7, 11) is 0. The van der Waals surface area contributed by atoms with Crippen LogP contribution in [0.15, 0.2) is 72.8 Å². The van der Waals surface area contributed by atoms with Crippen molar-refractivity contribution >= 4 is 52.1 Å². The van der Waals surface area contributed by atoms with Crippen molar-refractivity contribution in [1.82, 2.24) is 5.32 Å². The number of para-hydroxylation sites is 1. The van der Waals surface area contributed by atoms with E-state index in [0.29, 0.717) is 27.2 Å². The Kier molecular flexibility index (Phi) is 7.52. The van der Waals surface area contributed by atoms with Gasteiger partial charge in [-0.25, -0.2) is 0 Å². The van der Waals surface area contributed by atoms with E-state index in [9.17, 15) is 4.79 Å². The van der Waals surface area contributed by atoms with E-state index < -0.39 is 12.0 Å². The van der Waals surface area contributed by atoms with Gasteiger partial charge in [0.1, 0.15) is 17.2 Å². The molecule has 3 aromatic rings. The van der Waals surface area contributed by atoms with Crippen LogP contribution in [-0.4, -0.2) is 17.1 Å². The van der Waals surface area contributed by atoms with Gasteiger partial charge in [-0.3, -0.25) is 10.1 Å². The molecule has 0 aromatic heterocycles. The van der Waals surface area contributed by atoms with E-state index in [2.05, 4.69) is 10.6 Å². The Balaban J connectivity index is 1.51. The van der Waals surface area contributed by atoms with Crippen molar-refractivity contribution in [3.05, 3.63) is 82.8 Å². The number of anilines is 1. The molecule has 0 aliphatic heterocycles. The van der Waals surface area contributed by atoms with Crippen LogP contribution in [0.25, 0.3) is 0 Å². The van der Waals surface area contributed by atoms with Gasteiger partial charge in [0.05, 0.1) is 5.02 Å². The maximum absolute atomic E-state index is 12.3. The maximum atomic E-state index is 12.3. The lowest BCUT2D eigenvalue weighted by molar-refractivity contribution is -0.125. The second-order valence-corrected chi connectivity index (χ2v) is 7.47. The average Bonchev–Trinajstić information content (AvgIpc) is 2.72. The van der Waals surface area contributed by atoms with Crippen LogP contribution in [0.5, 0.6) is 17.2 Å². The van der Waals surface area contributed by atoms with Crippen LogP contribution in [0.4, 0.5) is 5.69 Å². The first-order valence-electron chi connectivity index (χ1n) is 8.97. The van der Waals surface area contributed by atoms with Crippen LogP contribution in [0.2, 0.25) is 10.0 Å². The van der Waals surface area contributed by atoms with Gasteiger partial charge in [0, 0.05) is 10.7 Å². The van der Waals surface area contributed by atoms with Gasteiger partial charge in [0.15, 0.2) is 11.2 Å². The minimum Gasteiger partial charge on any atom is -0.479 e. The number of amides is 1. The van der Waals surface area contributed by atoms with Crippen LogP contribution < -0.4 is 20.1 Å². The van der Waals surface area contributed by atoms with Crippen LogP contribution in [0, 0.1) is 0 Å². The molecule has 5 nitrogen and oxygen atoms in total. The number of ether oxygens (including phenoxy) is 2. The number of nitrogens with one attached hydrogen (secondary N) is 2. The lowest BCUT2D eigenvalue weighted by Gasteiger charge is -2.16. The van der Waals surface area contributed by atoms with Gasteiger partial charge < -0.3 is 14.8 Å². The molecule has 30 heavy (non-hydrogen) atoms. The SMILES string of the molecule is CC(Oc1ccc(Cl)cc1Cl)C(=O)NC(=S)Nc1ccc(Oc2ccccc2)cc1. The molecule has 0 heterocycles. The first kappa shape index (κ1) is 21.9. The number of benzene rings is 3. The van der Waals surface area contributed by atoms with Crippen molar-refractivity contribution in [3.63, 3.8) is 0 Å². The van der Waals surface area contributed by atoms with E-state index in [0.717, 1.165) is 5.75 Å². The fraction of sp³-hybridized carbons (Fsp3) is 0.0909. The summed E-state index contributed by atoms with van der Waals surface area (Å²) in [4.78, 5) is 12.3. The molecule has 0 bridgehead atoms. The molecule has 1 atom stereocenters. The highest BCUT2D eigenvalue weighted by Crippen LogP contribution is 2.28. The highest BCUT2D eigenvalue weighted by atomic mass is 35.5. The minimum absolute atomic E-state index is 0.148. The van der Waals surface area contributed by atoms with Crippen molar-refractivity contribution < 1.29 is 14.3 Å². The fourth-order valence-corrected chi connectivity index (χ4v) is 3.09. The molecule has 3 aromatic carbocycles. The molecule has 0 saturated carbocycles. The van der Waals surface area contributed by atoms with Gasteiger partial charge in [0.2, 0.25) is 0 Å². The average molecular weight is 461 g/mol. The smallest absolute Gasteiger partial charge is 0.266 e. The third-order valence-electron chi connectivity index (χ3n) is 3.89. The first-order chi connectivity index (χ1) is 14.4. The van der Waals surface area contributed by atoms with Gasteiger partial charge in [-0.1, -0.05) is 41.4 Å². The summed E-state index contributed by atoms with van der Waals surface area (Å²) in [5.41, 5.74) is 0.704. The van der Waals surface area contributed by atoms with Crippen molar-refractivity contribution in [3.8, 4) is 17.2 Å². The highest BCUT2D eigenvalue weighted by molar-refractivity contribution is 7.80. The van der Waals surface area contributed by atoms with Crippen LogP contribution >= 0.6 is 35.4 Å². The highest BCUT2D eigenvalue weighted by Gasteiger charge is 2.17. The van der Waals surface area contributed by atoms with E-state index in [1.54, 1.807) is 49.4 Å². The topological polar surface area (TPSA) is 59.6 Å². The Hall–Kier alpha value is -2.80. The van der Waals surface area contributed by atoms with Crippen molar-refractivity contribution in [2.45, 2.75) is 13.0 Å². The Morgan fingerprint density at radius 2 is 1.63 bits per heavy atom. The molecule has 8 heteroatoms. The monoisotopic (exact) mass is 460 g/mol. The van der Waals surface area contributed by atoms with Crippen molar-refractivity contribution in [2.75, 3.05) is 5.32 Å². The third-order valence-corrected chi connectivity index (χ3v) is 4.63. The first-order valence-corrected chi connectivity index (χ1v) is 10.1. The summed E-state index contributed by atoms with van der Waals surface area (Å²) in [6, 6.07) is 21.4. The van der Waals surface area contributed by atoms with Gasteiger partial charge >= 0.3 is 0 Å². The predicted molar refractivity (Wildman–Crippen MR) is 124 cm³/mol. The largest absolute Gasteiger partial charge is 0.479 e. The number of halogens is 2. The molecule has 0 aliphatic rings. The van der Waals surface area contributed by atoms with Gasteiger partial charge in [-0.15, -0.1) is 0 Å². The second kappa shape index (κ2) is 10.3. The van der Waals surface area contributed by atoms with Crippen LogP contribution in [-0.2, 0) is 4.79 Å². The zero-order valence-corrected chi connectivity index (χ0v) is 18.2. The molecule has 1 unspecified atom stereocenters. The summed E-state index contributed by atoms with van der Waals surface area (Å²) in [6.45, 7) is 1.60. The van der Waals surface area contributed by atoms with Gasteiger partial charge in [0.25, 0.3) is 5.91 Å². The Morgan fingerprint density at radius 3 is 2.30 bits per heavy atom. The Labute approximate surface area is 189 Å². The molecular weight excluding hydrogens is 443 g/mol. The number of hydrogen-bond donors (Lipinski definition) is 2. The van der Waals surface area contributed by atoms with E-state index in [1.807, 2.05) is 30.3 Å². The Morgan fingerprint density at radius 1 is 0.967 bits per heavy atom. The fourth-order valence-electron chi connectivity index (χ4n) is 2.42. The Bertz CT molecular complexity index is 1030. The zero-order valence-electron chi connectivity index (χ0n) is 15.9. The summed E-state index contributed by atoms with van der Waals surface area (Å²) in [6.07, 6.45) is -0.815. The molecule has 3 rings (SSSR count). The van der Waals surface area contributed by atoms with Gasteiger partial charge in [-0.05, 0) is 73.7 Å². The maximum Gasteiger partial charge on any atom is 0.266 e. The number of carbonyl (C=O) groups is 1. The summed E-state index contributed by atoms with van der Waals surface area (Å²) >= 11 is 17.1. The molecule has 0 fully saturated rings. The lowest BCUT2D eigenvalue weighted by atomic mass is 10.3. The van der Waals surface area contributed by atoms with E-state index in [4.69, 9.17) is 44.9 Å². The number of hydrogen-bond acceptors (Lipinski definition) is 4. The van der Waals surface area contributed by atoms with Gasteiger partial charge in [-0.2, -0.15) is 0 Å². The normalized spacial score (nSPS) is 11.3. The summed E-state index contributed by atoms with van der Waals surface area (Å²) in [5, 5.41) is 6.49. The minimum atomic E-state index is -0.815. The number of carbonyl (C=O) groups excluding carboxylic acids is 1. The van der Waals surface area contributed by atoms with Crippen molar-refractivity contribution in [2.24, 2.45) is 0 Å². The van der Waals surface area contributed by atoms with E-state index in [-0.39, 0.29) is 5.11 Å². The molecule has 1 amide bonds. The number of rotatable bonds is 6. The van der Waals surface area contributed by atoms with Crippen LogP contribution in [0.3, 0.4) is 0 Å². The molecule has 0 saturated heterocycles. The zero-order chi connectivity index (χ0) is 21.5. The standard InChI is InChI=1S/C22H18Cl2N2O3S/c1-14(28-20-12-7-15(23)13-19(20)24)21(27)26-22(30)25-16-8-10-18(11-9-16)29-17-5-3-2-4-6-17/h2-14H,1H3,(H2,25,26,27,30). The second-order valence-electron chi connectivity index (χ2n) is 6.22. The predicted octanol–water partition coefficient (Wildman–Crippen LogP) is 6.07. The lowest BCUT2D eigenvalue weighted by Crippen LogP contribution is -2.42. The third kappa shape index (κ3) is 6.35. The van der Waals surface area contributed by atoms with E-state index >= 15 is 0 Å². The van der Waals surface area contributed by atoms with E-state index in [1.165, 1.54) is 0 Å². The van der Waals surface area contributed by atoms with Crippen molar-refractivity contribution in [1.29, 1.82) is 0 Å². The quantitative estimate of drug-likeness (QED) is 0.437. The molecule has 0 radical (unpaired) electrons.